The Morgan fingerprint density at radius 3 is 3.00 bits per heavy atom. The second kappa shape index (κ2) is 6.99. The molecular formula is C17H20ClN3OS. The maximum Gasteiger partial charge on any atom is 0.273 e. The number of likely N-dealkylation sites (tertiary alicyclic amines) is 1. The van der Waals surface area contributed by atoms with Gasteiger partial charge in [-0.3, -0.25) is 4.79 Å². The molecule has 2 heterocycles. The van der Waals surface area contributed by atoms with E-state index in [9.17, 15) is 4.79 Å². The molecule has 2 atom stereocenters. The van der Waals surface area contributed by atoms with E-state index in [0.717, 1.165) is 30.0 Å². The number of hydrogen-bond acceptors (Lipinski definition) is 4. The fourth-order valence-electron chi connectivity index (χ4n) is 3.02. The summed E-state index contributed by atoms with van der Waals surface area (Å²) in [4.78, 5) is 19.2. The first-order valence-electron chi connectivity index (χ1n) is 7.81. The van der Waals surface area contributed by atoms with E-state index < -0.39 is 0 Å². The van der Waals surface area contributed by atoms with Gasteiger partial charge in [0.15, 0.2) is 0 Å². The molecule has 1 fully saturated rings. The number of halogens is 1. The number of benzene rings is 1. The summed E-state index contributed by atoms with van der Waals surface area (Å²) in [5.41, 5.74) is 7.20. The van der Waals surface area contributed by atoms with E-state index in [0.29, 0.717) is 23.2 Å². The summed E-state index contributed by atoms with van der Waals surface area (Å²) >= 11 is 7.66. The van der Waals surface area contributed by atoms with Crippen molar-refractivity contribution in [2.24, 2.45) is 11.7 Å². The molecule has 1 amide bonds. The minimum Gasteiger partial charge on any atom is -0.333 e. The molecule has 0 spiro atoms. The molecule has 1 aliphatic heterocycles. The predicted octanol–water partition coefficient (Wildman–Crippen LogP) is 3.66. The molecule has 122 valence electrons. The monoisotopic (exact) mass is 349 g/mol. The summed E-state index contributed by atoms with van der Waals surface area (Å²) < 4.78 is 0. The summed E-state index contributed by atoms with van der Waals surface area (Å²) in [7, 11) is 0. The lowest BCUT2D eigenvalue weighted by molar-refractivity contribution is 0.0568. The smallest absolute Gasteiger partial charge is 0.273 e. The molecule has 2 aromatic rings. The highest BCUT2D eigenvalue weighted by molar-refractivity contribution is 7.13. The normalized spacial score (nSPS) is 21.4. The SMILES string of the molecule is CC1CCN(C(=O)c2csc(-c3ccccc3Cl)n2)C(CN)C1. The maximum atomic E-state index is 12.8. The number of amides is 1. The third kappa shape index (κ3) is 3.42. The highest BCUT2D eigenvalue weighted by Crippen LogP contribution is 2.31. The van der Waals surface area contributed by atoms with Crippen molar-refractivity contribution in [3.05, 3.63) is 40.4 Å². The van der Waals surface area contributed by atoms with Crippen molar-refractivity contribution in [2.45, 2.75) is 25.8 Å². The number of aromatic nitrogens is 1. The van der Waals surface area contributed by atoms with E-state index in [-0.39, 0.29) is 11.9 Å². The first-order valence-corrected chi connectivity index (χ1v) is 9.07. The number of carbonyl (C=O) groups excluding carboxylic acids is 1. The van der Waals surface area contributed by atoms with Gasteiger partial charge in [0, 0.05) is 30.1 Å². The van der Waals surface area contributed by atoms with Crippen LogP contribution in [-0.2, 0) is 0 Å². The molecule has 2 N–H and O–H groups in total. The third-order valence-corrected chi connectivity index (χ3v) is 5.54. The third-order valence-electron chi connectivity index (χ3n) is 4.34. The van der Waals surface area contributed by atoms with Crippen LogP contribution >= 0.6 is 22.9 Å². The summed E-state index contributed by atoms with van der Waals surface area (Å²) in [6, 6.07) is 7.65. The molecule has 2 unspecified atom stereocenters. The Morgan fingerprint density at radius 1 is 1.48 bits per heavy atom. The molecule has 0 radical (unpaired) electrons. The lowest BCUT2D eigenvalue weighted by atomic mass is 9.92. The molecule has 4 nitrogen and oxygen atoms in total. The van der Waals surface area contributed by atoms with Crippen molar-refractivity contribution in [3.8, 4) is 10.6 Å². The van der Waals surface area contributed by atoms with Crippen LogP contribution in [0.1, 0.15) is 30.3 Å². The summed E-state index contributed by atoms with van der Waals surface area (Å²) in [5, 5.41) is 3.23. The van der Waals surface area contributed by atoms with Crippen LogP contribution in [0.4, 0.5) is 0 Å². The van der Waals surface area contributed by atoms with Crippen LogP contribution in [0.25, 0.3) is 10.6 Å². The van der Waals surface area contributed by atoms with Crippen LogP contribution in [0.2, 0.25) is 5.02 Å². The Bertz CT molecular complexity index is 703. The van der Waals surface area contributed by atoms with Crippen LogP contribution < -0.4 is 5.73 Å². The quantitative estimate of drug-likeness (QED) is 0.919. The van der Waals surface area contributed by atoms with Gasteiger partial charge in [-0.25, -0.2) is 4.98 Å². The fraction of sp³-hybridized carbons (Fsp3) is 0.412. The van der Waals surface area contributed by atoms with Gasteiger partial charge < -0.3 is 10.6 Å². The Labute approximate surface area is 145 Å². The van der Waals surface area contributed by atoms with Crippen molar-refractivity contribution in [2.75, 3.05) is 13.1 Å². The Morgan fingerprint density at radius 2 is 2.26 bits per heavy atom. The number of thiazole rings is 1. The molecule has 1 aromatic carbocycles. The summed E-state index contributed by atoms with van der Waals surface area (Å²) in [6.45, 7) is 3.46. The number of nitrogens with two attached hydrogens (primary N) is 1. The van der Waals surface area contributed by atoms with E-state index in [1.165, 1.54) is 11.3 Å². The molecule has 1 saturated heterocycles. The van der Waals surface area contributed by atoms with Gasteiger partial charge in [0.2, 0.25) is 0 Å². The van der Waals surface area contributed by atoms with Crippen molar-refractivity contribution in [1.82, 2.24) is 9.88 Å². The molecule has 0 aliphatic carbocycles. The van der Waals surface area contributed by atoms with Crippen LogP contribution in [0.5, 0.6) is 0 Å². The zero-order valence-electron chi connectivity index (χ0n) is 13.0. The first kappa shape index (κ1) is 16.4. The largest absolute Gasteiger partial charge is 0.333 e. The number of piperidine rings is 1. The number of nitrogens with zero attached hydrogens (tertiary/aromatic N) is 2. The topological polar surface area (TPSA) is 59.2 Å². The molecule has 1 aliphatic rings. The summed E-state index contributed by atoms with van der Waals surface area (Å²) in [5.74, 6) is 0.587. The predicted molar refractivity (Wildman–Crippen MR) is 94.8 cm³/mol. The van der Waals surface area contributed by atoms with Crippen molar-refractivity contribution < 1.29 is 4.79 Å². The highest BCUT2D eigenvalue weighted by Gasteiger charge is 2.30. The average molecular weight is 350 g/mol. The van der Waals surface area contributed by atoms with Gasteiger partial charge in [-0.15, -0.1) is 11.3 Å². The minimum absolute atomic E-state index is 0.0260. The lowest BCUT2D eigenvalue weighted by Gasteiger charge is -2.37. The lowest BCUT2D eigenvalue weighted by Crippen LogP contribution is -2.49. The van der Waals surface area contributed by atoms with Gasteiger partial charge in [0.25, 0.3) is 5.91 Å². The van der Waals surface area contributed by atoms with E-state index >= 15 is 0 Å². The molecular weight excluding hydrogens is 330 g/mol. The van der Waals surface area contributed by atoms with Crippen molar-refractivity contribution in [1.29, 1.82) is 0 Å². The van der Waals surface area contributed by atoms with Crippen LogP contribution in [-0.4, -0.2) is 34.9 Å². The number of rotatable bonds is 3. The Balaban J connectivity index is 1.82. The van der Waals surface area contributed by atoms with Crippen LogP contribution in [0.15, 0.2) is 29.6 Å². The minimum atomic E-state index is -0.0260. The zero-order chi connectivity index (χ0) is 16.4. The van der Waals surface area contributed by atoms with Gasteiger partial charge in [0.05, 0.1) is 5.02 Å². The zero-order valence-corrected chi connectivity index (χ0v) is 14.6. The fourth-order valence-corrected chi connectivity index (χ4v) is 4.13. The van der Waals surface area contributed by atoms with Crippen molar-refractivity contribution >= 4 is 28.8 Å². The van der Waals surface area contributed by atoms with Gasteiger partial charge in [-0.05, 0) is 24.8 Å². The van der Waals surface area contributed by atoms with Crippen molar-refractivity contribution in [3.63, 3.8) is 0 Å². The summed E-state index contributed by atoms with van der Waals surface area (Å²) in [6.07, 6.45) is 1.98. The standard InChI is InChI=1S/C17H20ClN3OS/c1-11-6-7-21(12(8-11)9-19)17(22)15-10-23-16(20-15)13-4-2-3-5-14(13)18/h2-5,10-12H,6-9,19H2,1H3. The Hall–Kier alpha value is -1.43. The van der Waals surface area contributed by atoms with E-state index in [1.54, 1.807) is 0 Å². The average Bonchev–Trinajstić information content (AvgIpc) is 3.04. The second-order valence-corrected chi connectivity index (χ2v) is 7.30. The molecule has 3 rings (SSSR count). The van der Waals surface area contributed by atoms with Crippen LogP contribution in [0.3, 0.4) is 0 Å². The maximum absolute atomic E-state index is 12.8. The molecule has 23 heavy (non-hydrogen) atoms. The number of carbonyl (C=O) groups is 1. The van der Waals surface area contributed by atoms with Gasteiger partial charge in [-0.1, -0.05) is 36.7 Å². The van der Waals surface area contributed by atoms with Gasteiger partial charge in [-0.2, -0.15) is 0 Å². The second-order valence-electron chi connectivity index (χ2n) is 6.04. The van der Waals surface area contributed by atoms with Gasteiger partial charge >= 0.3 is 0 Å². The molecule has 1 aromatic heterocycles. The molecule has 6 heteroatoms. The van der Waals surface area contributed by atoms with E-state index in [2.05, 4.69) is 11.9 Å². The molecule has 0 saturated carbocycles. The molecule has 0 bridgehead atoms. The number of hydrogen-bond donors (Lipinski definition) is 1. The highest BCUT2D eigenvalue weighted by atomic mass is 35.5. The Kier molecular flexibility index (Phi) is 4.99. The van der Waals surface area contributed by atoms with E-state index in [4.69, 9.17) is 17.3 Å². The van der Waals surface area contributed by atoms with Crippen LogP contribution in [0, 0.1) is 5.92 Å². The van der Waals surface area contributed by atoms with E-state index in [1.807, 2.05) is 34.5 Å². The van der Waals surface area contributed by atoms with Gasteiger partial charge in [0.1, 0.15) is 10.7 Å². The first-order chi connectivity index (χ1) is 11.1.